The van der Waals surface area contributed by atoms with E-state index in [4.69, 9.17) is 16.3 Å². The minimum atomic E-state index is -0.161. The first-order chi connectivity index (χ1) is 11.7. The smallest absolute Gasteiger partial charge is 0.255 e. The molecule has 0 radical (unpaired) electrons. The Morgan fingerprint density at radius 3 is 2.29 bits per heavy atom. The molecule has 0 unspecified atom stereocenters. The molecule has 0 fully saturated rings. The molecular weight excluding hydrogens is 324 g/mol. The standard InChI is InChI=1S/C19H15ClN2O2/c20-16-5-7-18(8-6-16)24-13-14-1-3-15(4-2-14)19(23)22-17-9-11-21-12-10-17/h1-12H,13H2,(H,21,22,23). The second-order valence-electron chi connectivity index (χ2n) is 5.13. The number of aromatic nitrogens is 1. The summed E-state index contributed by atoms with van der Waals surface area (Å²) >= 11 is 5.84. The SMILES string of the molecule is O=C(Nc1ccncc1)c1ccc(COc2ccc(Cl)cc2)cc1. The number of hydrogen-bond donors (Lipinski definition) is 1. The number of nitrogens with zero attached hydrogens (tertiary/aromatic N) is 1. The highest BCUT2D eigenvalue weighted by molar-refractivity contribution is 6.30. The van der Waals surface area contributed by atoms with Crippen molar-refractivity contribution in [2.45, 2.75) is 6.61 Å². The Morgan fingerprint density at radius 2 is 1.62 bits per heavy atom. The molecule has 4 nitrogen and oxygen atoms in total. The van der Waals surface area contributed by atoms with Crippen LogP contribution in [0.25, 0.3) is 0 Å². The molecule has 3 rings (SSSR count). The topological polar surface area (TPSA) is 51.2 Å². The van der Waals surface area contributed by atoms with Gasteiger partial charge in [0.2, 0.25) is 0 Å². The fraction of sp³-hybridized carbons (Fsp3) is 0.0526. The monoisotopic (exact) mass is 338 g/mol. The van der Waals surface area contributed by atoms with Gasteiger partial charge in [-0.05, 0) is 54.1 Å². The van der Waals surface area contributed by atoms with Crippen LogP contribution >= 0.6 is 11.6 Å². The first-order valence-corrected chi connectivity index (χ1v) is 7.77. The summed E-state index contributed by atoms with van der Waals surface area (Å²) in [6.07, 6.45) is 3.26. The molecule has 1 heterocycles. The quantitative estimate of drug-likeness (QED) is 0.741. The van der Waals surface area contributed by atoms with Gasteiger partial charge in [-0.2, -0.15) is 0 Å². The number of benzene rings is 2. The lowest BCUT2D eigenvalue weighted by Crippen LogP contribution is -2.11. The summed E-state index contributed by atoms with van der Waals surface area (Å²) in [6, 6.07) is 18.0. The van der Waals surface area contributed by atoms with Gasteiger partial charge >= 0.3 is 0 Å². The highest BCUT2D eigenvalue weighted by Gasteiger charge is 2.06. The number of ether oxygens (including phenoxy) is 1. The molecule has 1 aromatic heterocycles. The summed E-state index contributed by atoms with van der Waals surface area (Å²) in [5.41, 5.74) is 2.28. The molecule has 1 amide bonds. The fourth-order valence-corrected chi connectivity index (χ4v) is 2.21. The van der Waals surface area contributed by atoms with Crippen molar-refractivity contribution >= 4 is 23.2 Å². The van der Waals surface area contributed by atoms with Crippen LogP contribution in [0.5, 0.6) is 5.75 Å². The van der Waals surface area contributed by atoms with Crippen molar-refractivity contribution in [1.29, 1.82) is 0 Å². The van der Waals surface area contributed by atoms with Crippen molar-refractivity contribution in [3.63, 3.8) is 0 Å². The van der Waals surface area contributed by atoms with Crippen LogP contribution in [0.3, 0.4) is 0 Å². The predicted molar refractivity (Wildman–Crippen MR) is 94.4 cm³/mol. The van der Waals surface area contributed by atoms with E-state index >= 15 is 0 Å². The number of carbonyl (C=O) groups excluding carboxylic acids is 1. The maximum absolute atomic E-state index is 12.2. The first kappa shape index (κ1) is 16.0. The third kappa shape index (κ3) is 4.33. The van der Waals surface area contributed by atoms with E-state index in [0.29, 0.717) is 22.9 Å². The van der Waals surface area contributed by atoms with E-state index in [0.717, 1.165) is 11.3 Å². The van der Waals surface area contributed by atoms with Crippen molar-refractivity contribution in [2.24, 2.45) is 0 Å². The minimum absolute atomic E-state index is 0.161. The molecule has 120 valence electrons. The lowest BCUT2D eigenvalue weighted by Gasteiger charge is -2.08. The number of halogens is 1. The van der Waals surface area contributed by atoms with E-state index in [1.165, 1.54) is 0 Å². The molecular formula is C19H15ClN2O2. The highest BCUT2D eigenvalue weighted by Crippen LogP contribution is 2.17. The number of hydrogen-bond acceptors (Lipinski definition) is 3. The molecule has 0 saturated carbocycles. The van der Waals surface area contributed by atoms with Crippen molar-refractivity contribution < 1.29 is 9.53 Å². The average molecular weight is 339 g/mol. The first-order valence-electron chi connectivity index (χ1n) is 7.39. The summed E-state index contributed by atoms with van der Waals surface area (Å²) < 4.78 is 5.68. The van der Waals surface area contributed by atoms with Gasteiger partial charge in [0.15, 0.2) is 0 Å². The Hall–Kier alpha value is -2.85. The molecule has 0 aliphatic heterocycles. The van der Waals surface area contributed by atoms with Crippen LogP contribution in [-0.2, 0) is 6.61 Å². The molecule has 24 heavy (non-hydrogen) atoms. The molecule has 0 bridgehead atoms. The number of pyridine rings is 1. The van der Waals surface area contributed by atoms with Gasteiger partial charge in [0.05, 0.1) is 0 Å². The van der Waals surface area contributed by atoms with Crippen LogP contribution in [0, 0.1) is 0 Å². The van der Waals surface area contributed by atoms with Crippen molar-refractivity contribution in [1.82, 2.24) is 4.98 Å². The molecule has 2 aromatic carbocycles. The van der Waals surface area contributed by atoms with Gasteiger partial charge in [0, 0.05) is 28.7 Å². The van der Waals surface area contributed by atoms with Crippen molar-refractivity contribution in [2.75, 3.05) is 5.32 Å². The predicted octanol–water partition coefficient (Wildman–Crippen LogP) is 4.57. The number of carbonyl (C=O) groups is 1. The van der Waals surface area contributed by atoms with Crippen molar-refractivity contribution in [3.05, 3.63) is 89.2 Å². The summed E-state index contributed by atoms with van der Waals surface area (Å²) in [4.78, 5) is 16.1. The van der Waals surface area contributed by atoms with Crippen LogP contribution in [-0.4, -0.2) is 10.9 Å². The lowest BCUT2D eigenvalue weighted by atomic mass is 10.1. The van der Waals surface area contributed by atoms with E-state index in [1.807, 2.05) is 24.3 Å². The van der Waals surface area contributed by atoms with E-state index in [1.54, 1.807) is 48.8 Å². The average Bonchev–Trinajstić information content (AvgIpc) is 2.62. The minimum Gasteiger partial charge on any atom is -0.489 e. The molecule has 1 N–H and O–H groups in total. The fourth-order valence-electron chi connectivity index (χ4n) is 2.09. The number of anilines is 1. The summed E-state index contributed by atoms with van der Waals surface area (Å²) in [5, 5.41) is 3.49. The van der Waals surface area contributed by atoms with Crippen LogP contribution in [0.2, 0.25) is 5.02 Å². The Labute approximate surface area is 145 Å². The van der Waals surface area contributed by atoms with Crippen LogP contribution in [0.15, 0.2) is 73.1 Å². The van der Waals surface area contributed by atoms with Gasteiger partial charge in [0.25, 0.3) is 5.91 Å². The molecule has 3 aromatic rings. The zero-order valence-corrected chi connectivity index (χ0v) is 13.5. The Bertz CT molecular complexity index is 803. The zero-order chi connectivity index (χ0) is 16.8. The number of rotatable bonds is 5. The van der Waals surface area contributed by atoms with Gasteiger partial charge in [-0.15, -0.1) is 0 Å². The molecule has 0 aliphatic rings. The van der Waals surface area contributed by atoms with Crippen LogP contribution in [0.4, 0.5) is 5.69 Å². The van der Waals surface area contributed by atoms with Gasteiger partial charge in [-0.3, -0.25) is 9.78 Å². The largest absolute Gasteiger partial charge is 0.489 e. The van der Waals surface area contributed by atoms with E-state index < -0.39 is 0 Å². The third-order valence-electron chi connectivity index (χ3n) is 3.37. The third-order valence-corrected chi connectivity index (χ3v) is 3.63. The maximum Gasteiger partial charge on any atom is 0.255 e. The second-order valence-corrected chi connectivity index (χ2v) is 5.57. The normalized spacial score (nSPS) is 10.2. The molecule has 0 saturated heterocycles. The molecule has 0 spiro atoms. The zero-order valence-electron chi connectivity index (χ0n) is 12.8. The Kier molecular flexibility index (Phi) is 5.08. The molecule has 5 heteroatoms. The van der Waals surface area contributed by atoms with Crippen LogP contribution in [0.1, 0.15) is 15.9 Å². The van der Waals surface area contributed by atoms with E-state index in [2.05, 4.69) is 10.3 Å². The molecule has 0 aliphatic carbocycles. The maximum atomic E-state index is 12.2. The van der Waals surface area contributed by atoms with Crippen LogP contribution < -0.4 is 10.1 Å². The Balaban J connectivity index is 1.58. The summed E-state index contributed by atoms with van der Waals surface area (Å²) in [5.74, 6) is 0.588. The van der Waals surface area contributed by atoms with E-state index in [9.17, 15) is 4.79 Å². The number of amides is 1. The van der Waals surface area contributed by atoms with Gasteiger partial charge in [0.1, 0.15) is 12.4 Å². The second kappa shape index (κ2) is 7.62. The Morgan fingerprint density at radius 1 is 0.958 bits per heavy atom. The van der Waals surface area contributed by atoms with E-state index in [-0.39, 0.29) is 5.91 Å². The van der Waals surface area contributed by atoms with Crippen molar-refractivity contribution in [3.8, 4) is 5.75 Å². The summed E-state index contributed by atoms with van der Waals surface area (Å²) in [7, 11) is 0. The van der Waals surface area contributed by atoms with Gasteiger partial charge < -0.3 is 10.1 Å². The number of nitrogens with one attached hydrogen (secondary N) is 1. The summed E-state index contributed by atoms with van der Waals surface area (Å²) in [6.45, 7) is 0.424. The lowest BCUT2D eigenvalue weighted by molar-refractivity contribution is 0.102. The van der Waals surface area contributed by atoms with Gasteiger partial charge in [-0.25, -0.2) is 0 Å². The highest BCUT2D eigenvalue weighted by atomic mass is 35.5. The molecule has 0 atom stereocenters. The van der Waals surface area contributed by atoms with Gasteiger partial charge in [-0.1, -0.05) is 23.7 Å².